The third-order valence-corrected chi connectivity index (χ3v) is 5.22. The van der Waals surface area contributed by atoms with E-state index in [9.17, 15) is 13.2 Å². The van der Waals surface area contributed by atoms with Gasteiger partial charge in [-0.15, -0.1) is 0 Å². The molecule has 1 unspecified atom stereocenters. The maximum atomic E-state index is 12.5. The second kappa shape index (κ2) is 6.37. The highest BCUT2D eigenvalue weighted by Gasteiger charge is 2.34. The molecule has 0 aliphatic carbocycles. The van der Waals surface area contributed by atoms with Crippen LogP contribution in [0.3, 0.4) is 0 Å². The van der Waals surface area contributed by atoms with Crippen LogP contribution >= 0.6 is 0 Å². The molecule has 1 atom stereocenters. The van der Waals surface area contributed by atoms with E-state index in [1.54, 1.807) is 36.3 Å². The van der Waals surface area contributed by atoms with Crippen LogP contribution in [0.25, 0.3) is 0 Å². The van der Waals surface area contributed by atoms with E-state index in [1.807, 2.05) is 6.07 Å². The van der Waals surface area contributed by atoms with Crippen molar-refractivity contribution in [2.75, 3.05) is 31.8 Å². The van der Waals surface area contributed by atoms with Crippen molar-refractivity contribution in [2.24, 2.45) is 0 Å². The van der Waals surface area contributed by atoms with E-state index in [1.165, 1.54) is 0 Å². The molecule has 5 nitrogen and oxygen atoms in total. The molecule has 1 aromatic carbocycles. The van der Waals surface area contributed by atoms with Crippen LogP contribution in [0.1, 0.15) is 16.8 Å². The summed E-state index contributed by atoms with van der Waals surface area (Å²) < 4.78 is 28.2. The van der Waals surface area contributed by atoms with Gasteiger partial charge in [-0.1, -0.05) is 18.2 Å². The minimum Gasteiger partial charge on any atom is -0.383 e. The fourth-order valence-corrected chi connectivity index (χ4v) is 4.14. The highest BCUT2D eigenvalue weighted by Crippen LogP contribution is 2.19. The van der Waals surface area contributed by atoms with E-state index >= 15 is 0 Å². The van der Waals surface area contributed by atoms with Crippen LogP contribution in [0.15, 0.2) is 30.3 Å². The summed E-state index contributed by atoms with van der Waals surface area (Å²) in [4.78, 5) is 14.2. The lowest BCUT2D eigenvalue weighted by Crippen LogP contribution is -2.43. The molecule has 6 heteroatoms. The molecule has 0 aromatic heterocycles. The van der Waals surface area contributed by atoms with E-state index in [2.05, 4.69) is 0 Å². The number of nitrogens with zero attached hydrogens (tertiary/aromatic N) is 1. The Balaban J connectivity index is 2.17. The first-order valence-corrected chi connectivity index (χ1v) is 8.41. The minimum atomic E-state index is -3.02. The van der Waals surface area contributed by atoms with Gasteiger partial charge >= 0.3 is 0 Å². The highest BCUT2D eigenvalue weighted by molar-refractivity contribution is 7.91. The van der Waals surface area contributed by atoms with Gasteiger partial charge in [0.05, 0.1) is 18.1 Å². The SMILES string of the molecule is COCCN(C(=O)c1ccccc1)C1CCS(=O)(=O)C1. The Labute approximate surface area is 119 Å². The van der Waals surface area contributed by atoms with Gasteiger partial charge in [-0.3, -0.25) is 4.79 Å². The van der Waals surface area contributed by atoms with E-state index in [0.717, 1.165) is 0 Å². The molecule has 2 rings (SSSR count). The summed E-state index contributed by atoms with van der Waals surface area (Å²) in [7, 11) is -1.45. The fourth-order valence-electron chi connectivity index (χ4n) is 2.41. The highest BCUT2D eigenvalue weighted by atomic mass is 32.2. The zero-order chi connectivity index (χ0) is 14.6. The molecule has 0 spiro atoms. The molecule has 0 N–H and O–H groups in total. The topological polar surface area (TPSA) is 63.7 Å². The van der Waals surface area contributed by atoms with Crippen LogP contribution in [0.2, 0.25) is 0 Å². The van der Waals surface area contributed by atoms with Crippen LogP contribution in [-0.2, 0) is 14.6 Å². The minimum absolute atomic E-state index is 0.0509. The number of carbonyl (C=O) groups excluding carboxylic acids is 1. The summed E-state index contributed by atoms with van der Waals surface area (Å²) in [5.74, 6) is 0.0724. The van der Waals surface area contributed by atoms with Crippen molar-refractivity contribution in [1.29, 1.82) is 0 Å². The molecule has 1 aromatic rings. The van der Waals surface area contributed by atoms with Gasteiger partial charge in [0.15, 0.2) is 9.84 Å². The van der Waals surface area contributed by atoms with Crippen molar-refractivity contribution in [1.82, 2.24) is 4.90 Å². The number of benzene rings is 1. The number of carbonyl (C=O) groups is 1. The molecule has 1 aliphatic heterocycles. The Bertz CT molecular complexity index is 556. The van der Waals surface area contributed by atoms with Gasteiger partial charge in [-0.25, -0.2) is 8.42 Å². The first-order valence-electron chi connectivity index (χ1n) is 6.59. The number of sulfone groups is 1. The predicted octanol–water partition coefficient (Wildman–Crippen LogP) is 0.962. The van der Waals surface area contributed by atoms with Gasteiger partial charge in [0, 0.05) is 25.3 Å². The standard InChI is InChI=1S/C14H19NO4S/c1-19-9-8-15(13-7-10-20(17,18)11-13)14(16)12-5-3-2-4-6-12/h2-6,13H,7-11H2,1H3. The molecular weight excluding hydrogens is 278 g/mol. The number of rotatable bonds is 5. The second-order valence-electron chi connectivity index (χ2n) is 4.91. The quantitative estimate of drug-likeness (QED) is 0.812. The summed E-state index contributed by atoms with van der Waals surface area (Å²) >= 11 is 0. The summed E-state index contributed by atoms with van der Waals surface area (Å²) in [5, 5.41) is 0. The van der Waals surface area contributed by atoms with Crippen molar-refractivity contribution in [2.45, 2.75) is 12.5 Å². The summed E-state index contributed by atoms with van der Waals surface area (Å²) in [6, 6.07) is 8.68. The molecule has 0 saturated carbocycles. The van der Waals surface area contributed by atoms with Gasteiger partial charge in [-0.05, 0) is 18.6 Å². The monoisotopic (exact) mass is 297 g/mol. The number of hydrogen-bond acceptors (Lipinski definition) is 4. The van der Waals surface area contributed by atoms with Crippen LogP contribution in [-0.4, -0.2) is 57.0 Å². The molecule has 1 heterocycles. The van der Waals surface area contributed by atoms with Crippen LogP contribution in [0.4, 0.5) is 0 Å². The number of methoxy groups -OCH3 is 1. The van der Waals surface area contributed by atoms with Gasteiger partial charge in [0.25, 0.3) is 5.91 Å². The van der Waals surface area contributed by atoms with Crippen molar-refractivity contribution in [3.63, 3.8) is 0 Å². The fraction of sp³-hybridized carbons (Fsp3) is 0.500. The zero-order valence-electron chi connectivity index (χ0n) is 11.5. The average Bonchev–Trinajstić information content (AvgIpc) is 2.80. The number of ether oxygens (including phenoxy) is 1. The number of amides is 1. The van der Waals surface area contributed by atoms with Gasteiger partial charge < -0.3 is 9.64 Å². The van der Waals surface area contributed by atoms with E-state index in [4.69, 9.17) is 4.74 Å². The maximum Gasteiger partial charge on any atom is 0.254 e. The third-order valence-electron chi connectivity index (χ3n) is 3.47. The second-order valence-corrected chi connectivity index (χ2v) is 7.14. The van der Waals surface area contributed by atoms with Crippen molar-refractivity contribution >= 4 is 15.7 Å². The molecule has 1 aliphatic rings. The van der Waals surface area contributed by atoms with Crippen LogP contribution < -0.4 is 0 Å². The Morgan fingerprint density at radius 2 is 2.05 bits per heavy atom. The van der Waals surface area contributed by atoms with E-state index < -0.39 is 9.84 Å². The molecular formula is C14H19NO4S. The lowest BCUT2D eigenvalue weighted by atomic mass is 10.1. The van der Waals surface area contributed by atoms with E-state index in [-0.39, 0.29) is 23.5 Å². The van der Waals surface area contributed by atoms with Gasteiger partial charge in [0.1, 0.15) is 0 Å². The summed E-state index contributed by atoms with van der Waals surface area (Å²) in [6.07, 6.45) is 0.505. The van der Waals surface area contributed by atoms with Crippen molar-refractivity contribution < 1.29 is 17.9 Å². The largest absolute Gasteiger partial charge is 0.383 e. The molecule has 0 radical (unpaired) electrons. The molecule has 1 amide bonds. The Hall–Kier alpha value is -1.40. The summed E-state index contributed by atoms with van der Waals surface area (Å²) in [6.45, 7) is 0.805. The Morgan fingerprint density at radius 3 is 2.60 bits per heavy atom. The lowest BCUT2D eigenvalue weighted by molar-refractivity contribution is 0.0624. The molecule has 0 bridgehead atoms. The average molecular weight is 297 g/mol. The van der Waals surface area contributed by atoms with Crippen LogP contribution in [0.5, 0.6) is 0 Å². The van der Waals surface area contributed by atoms with Crippen molar-refractivity contribution in [3.05, 3.63) is 35.9 Å². The van der Waals surface area contributed by atoms with Gasteiger partial charge in [-0.2, -0.15) is 0 Å². The molecule has 1 fully saturated rings. The molecule has 110 valence electrons. The number of hydrogen-bond donors (Lipinski definition) is 0. The lowest BCUT2D eigenvalue weighted by Gasteiger charge is -2.28. The molecule has 1 saturated heterocycles. The normalized spacial score (nSPS) is 20.8. The van der Waals surface area contributed by atoms with Crippen LogP contribution in [0, 0.1) is 0 Å². The molecule has 20 heavy (non-hydrogen) atoms. The zero-order valence-corrected chi connectivity index (χ0v) is 12.3. The first-order chi connectivity index (χ1) is 9.53. The summed E-state index contributed by atoms with van der Waals surface area (Å²) in [5.41, 5.74) is 0.577. The van der Waals surface area contributed by atoms with E-state index in [0.29, 0.717) is 25.1 Å². The van der Waals surface area contributed by atoms with Crippen molar-refractivity contribution in [3.8, 4) is 0 Å². The smallest absolute Gasteiger partial charge is 0.254 e. The first kappa shape index (κ1) is 15.0. The van der Waals surface area contributed by atoms with Gasteiger partial charge in [0.2, 0.25) is 0 Å². The maximum absolute atomic E-state index is 12.5. The Kier molecular flexibility index (Phi) is 4.77. The third kappa shape index (κ3) is 3.58. The Morgan fingerprint density at radius 1 is 1.35 bits per heavy atom. The predicted molar refractivity (Wildman–Crippen MR) is 76.4 cm³/mol.